The molecule has 0 unspecified atom stereocenters. The van der Waals surface area contributed by atoms with Gasteiger partial charge in [-0.1, -0.05) is 0 Å². The fraction of sp³-hybridized carbons (Fsp3) is 0. The first-order chi connectivity index (χ1) is 4.24. The smallest absolute Gasteiger partial charge is 0.188 e. The molecule has 0 N–H and O–H groups in total. The standard InChI is InChI=1S/C4HBr2N3/c5-4-8-3(1-7)2-9(4)6/h2H. The minimum atomic E-state index is 0.388. The predicted molar refractivity (Wildman–Crippen MR) is 39.0 cm³/mol. The van der Waals surface area contributed by atoms with Crippen LogP contribution in [0.2, 0.25) is 0 Å². The highest BCUT2D eigenvalue weighted by atomic mass is 79.9. The van der Waals surface area contributed by atoms with E-state index in [1.807, 2.05) is 6.07 Å². The summed E-state index contributed by atoms with van der Waals surface area (Å²) >= 11 is 6.22. The summed E-state index contributed by atoms with van der Waals surface area (Å²) in [7, 11) is 0. The number of aromatic nitrogens is 2. The van der Waals surface area contributed by atoms with Crippen LogP contribution < -0.4 is 0 Å². The molecule has 1 aromatic heterocycles. The van der Waals surface area contributed by atoms with Crippen molar-refractivity contribution >= 4 is 32.1 Å². The highest BCUT2D eigenvalue weighted by molar-refractivity contribution is 9.11. The summed E-state index contributed by atoms with van der Waals surface area (Å²) in [5.74, 6) is 0. The lowest BCUT2D eigenvalue weighted by molar-refractivity contribution is 1.18. The van der Waals surface area contributed by atoms with Crippen molar-refractivity contribution in [2.45, 2.75) is 0 Å². The lowest BCUT2D eigenvalue weighted by atomic mass is 10.6. The Balaban J connectivity index is 3.16. The molecule has 0 aromatic carbocycles. The maximum Gasteiger partial charge on any atom is 0.188 e. The second-order valence-corrected chi connectivity index (χ2v) is 2.79. The Morgan fingerprint density at radius 3 is 2.67 bits per heavy atom. The molecular formula is C4HBr2N3. The summed E-state index contributed by atoms with van der Waals surface area (Å²) in [6.07, 6.45) is 1.57. The van der Waals surface area contributed by atoms with Gasteiger partial charge in [0.05, 0.1) is 22.3 Å². The second kappa shape index (κ2) is 2.50. The van der Waals surface area contributed by atoms with Crippen LogP contribution in [0.25, 0.3) is 0 Å². The maximum atomic E-state index is 8.31. The van der Waals surface area contributed by atoms with Crippen LogP contribution in [-0.4, -0.2) is 8.58 Å². The molecule has 0 bridgehead atoms. The quantitative estimate of drug-likeness (QED) is 0.703. The Bertz CT molecular complexity index is 240. The molecule has 46 valence electrons. The first-order valence-electron chi connectivity index (χ1n) is 2.05. The third-order valence-electron chi connectivity index (χ3n) is 0.739. The zero-order valence-corrected chi connectivity index (χ0v) is 7.35. The van der Waals surface area contributed by atoms with Gasteiger partial charge >= 0.3 is 0 Å². The lowest BCUT2D eigenvalue weighted by Crippen LogP contribution is -1.71. The molecule has 0 saturated heterocycles. The third-order valence-corrected chi connectivity index (χ3v) is 2.32. The van der Waals surface area contributed by atoms with Crippen LogP contribution in [0.15, 0.2) is 10.9 Å². The molecule has 0 fully saturated rings. The molecule has 3 nitrogen and oxygen atoms in total. The molecule has 9 heavy (non-hydrogen) atoms. The molecule has 1 heterocycles. The molecule has 1 aromatic rings. The summed E-state index contributed by atoms with van der Waals surface area (Å²) in [5.41, 5.74) is 0.388. The van der Waals surface area contributed by atoms with Gasteiger partial charge in [0, 0.05) is 0 Å². The molecule has 0 spiro atoms. The van der Waals surface area contributed by atoms with Gasteiger partial charge in [-0.25, -0.2) is 4.98 Å². The van der Waals surface area contributed by atoms with Gasteiger partial charge in [0.15, 0.2) is 10.4 Å². The Labute approximate surface area is 68.8 Å². The van der Waals surface area contributed by atoms with E-state index < -0.39 is 0 Å². The Kier molecular flexibility index (Phi) is 1.88. The van der Waals surface area contributed by atoms with Crippen LogP contribution in [0, 0.1) is 11.3 Å². The molecule has 0 aliphatic carbocycles. The van der Waals surface area contributed by atoms with Crippen LogP contribution in [0.1, 0.15) is 5.69 Å². The highest BCUT2D eigenvalue weighted by Crippen LogP contribution is 2.11. The summed E-state index contributed by atoms with van der Waals surface area (Å²) in [4.78, 5) is 3.80. The molecular weight excluding hydrogens is 250 g/mol. The molecule has 0 amide bonds. The fourth-order valence-corrected chi connectivity index (χ4v) is 0.957. The number of imidazole rings is 1. The summed E-state index contributed by atoms with van der Waals surface area (Å²) in [6, 6.07) is 1.90. The van der Waals surface area contributed by atoms with Crippen LogP contribution in [-0.2, 0) is 0 Å². The third kappa shape index (κ3) is 1.32. The minimum absolute atomic E-state index is 0.388. The normalized spacial score (nSPS) is 9.00. The number of nitriles is 1. The monoisotopic (exact) mass is 249 g/mol. The zero-order chi connectivity index (χ0) is 6.85. The van der Waals surface area contributed by atoms with E-state index in [1.54, 1.807) is 9.79 Å². The van der Waals surface area contributed by atoms with Gasteiger partial charge < -0.3 is 0 Å². The van der Waals surface area contributed by atoms with Gasteiger partial charge in [0.1, 0.15) is 6.07 Å². The van der Waals surface area contributed by atoms with Crippen molar-refractivity contribution in [3.63, 3.8) is 0 Å². The number of halogens is 2. The molecule has 0 aliphatic rings. The Hall–Kier alpha value is -0.340. The van der Waals surface area contributed by atoms with E-state index in [2.05, 4.69) is 37.1 Å². The van der Waals surface area contributed by atoms with Gasteiger partial charge in [0.25, 0.3) is 0 Å². The Morgan fingerprint density at radius 2 is 2.44 bits per heavy atom. The van der Waals surface area contributed by atoms with Gasteiger partial charge in [-0.15, -0.1) is 0 Å². The average Bonchev–Trinajstić information content (AvgIpc) is 2.13. The van der Waals surface area contributed by atoms with Crippen molar-refractivity contribution in [3.05, 3.63) is 16.6 Å². The Morgan fingerprint density at radius 1 is 1.78 bits per heavy atom. The molecule has 0 radical (unpaired) electrons. The topological polar surface area (TPSA) is 41.6 Å². The van der Waals surface area contributed by atoms with Gasteiger partial charge in [0.2, 0.25) is 0 Å². The van der Waals surface area contributed by atoms with E-state index >= 15 is 0 Å². The van der Waals surface area contributed by atoms with Crippen LogP contribution in [0.5, 0.6) is 0 Å². The maximum absolute atomic E-state index is 8.31. The molecule has 0 saturated carbocycles. The van der Waals surface area contributed by atoms with E-state index in [9.17, 15) is 0 Å². The SMILES string of the molecule is N#Cc1cn(Br)c(Br)n1. The average molecular weight is 251 g/mol. The van der Waals surface area contributed by atoms with Crippen LogP contribution >= 0.6 is 32.1 Å². The predicted octanol–water partition coefficient (Wildman–Crippen LogP) is 1.68. The number of hydrogen-bond acceptors (Lipinski definition) is 2. The summed E-state index contributed by atoms with van der Waals surface area (Å²) < 4.78 is 2.14. The van der Waals surface area contributed by atoms with Crippen molar-refractivity contribution < 1.29 is 0 Å². The summed E-state index contributed by atoms with van der Waals surface area (Å²) in [6.45, 7) is 0. The largest absolute Gasteiger partial charge is 0.259 e. The van der Waals surface area contributed by atoms with E-state index in [4.69, 9.17) is 5.26 Å². The van der Waals surface area contributed by atoms with E-state index in [1.165, 1.54) is 0 Å². The van der Waals surface area contributed by atoms with Crippen molar-refractivity contribution in [2.24, 2.45) is 0 Å². The second-order valence-electron chi connectivity index (χ2n) is 1.32. The molecule has 1 rings (SSSR count). The number of rotatable bonds is 0. The van der Waals surface area contributed by atoms with Crippen molar-refractivity contribution in [2.75, 3.05) is 0 Å². The van der Waals surface area contributed by atoms with Gasteiger partial charge in [-0.3, -0.25) is 3.59 Å². The van der Waals surface area contributed by atoms with Crippen molar-refractivity contribution in [3.8, 4) is 6.07 Å². The van der Waals surface area contributed by atoms with E-state index in [0.717, 1.165) is 0 Å². The summed E-state index contributed by atoms with van der Waals surface area (Å²) in [5, 5.41) is 8.31. The zero-order valence-electron chi connectivity index (χ0n) is 4.17. The van der Waals surface area contributed by atoms with Crippen molar-refractivity contribution in [1.29, 1.82) is 5.26 Å². The van der Waals surface area contributed by atoms with Crippen LogP contribution in [0.4, 0.5) is 0 Å². The lowest BCUT2D eigenvalue weighted by Gasteiger charge is -1.81. The first kappa shape index (κ1) is 6.78. The molecule has 5 heteroatoms. The number of nitrogens with zero attached hydrogens (tertiary/aromatic N) is 3. The number of hydrogen-bond donors (Lipinski definition) is 0. The van der Waals surface area contributed by atoms with Gasteiger partial charge in [-0.2, -0.15) is 5.26 Å². The van der Waals surface area contributed by atoms with Crippen molar-refractivity contribution in [1.82, 2.24) is 8.58 Å². The van der Waals surface area contributed by atoms with E-state index in [0.29, 0.717) is 10.4 Å². The van der Waals surface area contributed by atoms with Gasteiger partial charge in [-0.05, 0) is 15.9 Å². The fourth-order valence-electron chi connectivity index (χ4n) is 0.391. The van der Waals surface area contributed by atoms with E-state index in [-0.39, 0.29) is 0 Å². The molecule has 0 atom stereocenters. The highest BCUT2D eigenvalue weighted by Gasteiger charge is 1.99. The molecule has 0 aliphatic heterocycles. The first-order valence-corrected chi connectivity index (χ1v) is 3.55. The van der Waals surface area contributed by atoms with Crippen LogP contribution in [0.3, 0.4) is 0 Å². The minimum Gasteiger partial charge on any atom is -0.259 e.